The largest absolute Gasteiger partial charge is 0.484 e. The van der Waals surface area contributed by atoms with E-state index in [1.165, 1.54) is 4.90 Å². The summed E-state index contributed by atoms with van der Waals surface area (Å²) < 4.78 is 10.7. The van der Waals surface area contributed by atoms with E-state index in [1.54, 1.807) is 38.4 Å². The van der Waals surface area contributed by atoms with Crippen LogP contribution in [0.2, 0.25) is 0 Å². The van der Waals surface area contributed by atoms with Crippen molar-refractivity contribution in [2.24, 2.45) is 5.73 Å². The molecule has 2 amide bonds. The number of carbonyl (C=O) groups excluding carboxylic acids is 2. The number of amides is 2. The maximum Gasteiger partial charge on any atom is 0.259 e. The minimum Gasteiger partial charge on any atom is -0.484 e. The van der Waals surface area contributed by atoms with Crippen LogP contribution in [0.4, 0.5) is 5.69 Å². The van der Waals surface area contributed by atoms with Crippen molar-refractivity contribution in [3.63, 3.8) is 0 Å². The zero-order valence-corrected chi connectivity index (χ0v) is 14.7. The van der Waals surface area contributed by atoms with Crippen LogP contribution in [0.25, 0.3) is 0 Å². The minimum absolute atomic E-state index is 0. The fourth-order valence-corrected chi connectivity index (χ4v) is 2.16. The fourth-order valence-electron chi connectivity index (χ4n) is 2.16. The molecule has 24 heavy (non-hydrogen) atoms. The fraction of sp³-hybridized carbons (Fsp3) is 0.500. The standard InChI is InChI=1S/C16H23N3O4.ClH/c1-19(2)14(20)11-23-13-5-3-4-12(10-13)18-15(21)16(17)6-8-22-9-7-16;/h3-5,10H,6-9,11,17H2,1-2H3,(H,18,21);1H. The van der Waals surface area contributed by atoms with Crippen molar-refractivity contribution in [1.82, 2.24) is 4.90 Å². The molecule has 1 fully saturated rings. The molecule has 1 aromatic rings. The first-order valence-electron chi connectivity index (χ1n) is 7.52. The summed E-state index contributed by atoms with van der Waals surface area (Å²) in [7, 11) is 3.33. The molecule has 0 unspecified atom stereocenters. The van der Waals surface area contributed by atoms with Gasteiger partial charge in [-0.3, -0.25) is 9.59 Å². The highest BCUT2D eigenvalue weighted by atomic mass is 35.5. The van der Waals surface area contributed by atoms with Gasteiger partial charge in [-0.2, -0.15) is 0 Å². The number of carbonyl (C=O) groups is 2. The molecule has 0 spiro atoms. The van der Waals surface area contributed by atoms with Crippen LogP contribution in [0.15, 0.2) is 24.3 Å². The van der Waals surface area contributed by atoms with Gasteiger partial charge in [-0.1, -0.05) is 6.07 Å². The van der Waals surface area contributed by atoms with E-state index in [1.807, 2.05) is 0 Å². The first-order chi connectivity index (χ1) is 10.9. The minimum atomic E-state index is -0.907. The monoisotopic (exact) mass is 357 g/mol. The van der Waals surface area contributed by atoms with E-state index in [2.05, 4.69) is 5.32 Å². The maximum atomic E-state index is 12.4. The second-order valence-electron chi connectivity index (χ2n) is 5.83. The molecular formula is C16H24ClN3O4. The van der Waals surface area contributed by atoms with Crippen LogP contribution in [-0.2, 0) is 14.3 Å². The normalized spacial score (nSPS) is 15.8. The lowest BCUT2D eigenvalue weighted by Gasteiger charge is -2.31. The van der Waals surface area contributed by atoms with Crippen molar-refractivity contribution in [3.8, 4) is 5.75 Å². The molecule has 0 saturated carbocycles. The number of nitrogens with zero attached hydrogens (tertiary/aromatic N) is 1. The van der Waals surface area contributed by atoms with Gasteiger partial charge >= 0.3 is 0 Å². The molecular weight excluding hydrogens is 334 g/mol. The van der Waals surface area contributed by atoms with Crippen LogP contribution in [0.5, 0.6) is 5.75 Å². The summed E-state index contributed by atoms with van der Waals surface area (Å²) in [5.41, 5.74) is 5.82. The molecule has 8 heteroatoms. The Bertz CT molecular complexity index is 574. The van der Waals surface area contributed by atoms with Gasteiger partial charge in [0.1, 0.15) is 11.3 Å². The van der Waals surface area contributed by atoms with E-state index in [9.17, 15) is 9.59 Å². The average Bonchev–Trinajstić information content (AvgIpc) is 2.53. The molecule has 1 heterocycles. The van der Waals surface area contributed by atoms with E-state index in [-0.39, 0.29) is 30.8 Å². The van der Waals surface area contributed by atoms with Crippen molar-refractivity contribution in [2.45, 2.75) is 18.4 Å². The van der Waals surface area contributed by atoms with Gasteiger partial charge < -0.3 is 25.4 Å². The average molecular weight is 358 g/mol. The number of rotatable bonds is 5. The predicted molar refractivity (Wildman–Crippen MR) is 93.5 cm³/mol. The lowest BCUT2D eigenvalue weighted by Crippen LogP contribution is -2.54. The summed E-state index contributed by atoms with van der Waals surface area (Å²) in [4.78, 5) is 25.3. The maximum absolute atomic E-state index is 12.4. The van der Waals surface area contributed by atoms with Gasteiger partial charge in [0.05, 0.1) is 0 Å². The van der Waals surface area contributed by atoms with Crippen molar-refractivity contribution in [3.05, 3.63) is 24.3 Å². The van der Waals surface area contributed by atoms with Gasteiger partial charge in [-0.25, -0.2) is 0 Å². The highest BCUT2D eigenvalue weighted by molar-refractivity contribution is 5.98. The van der Waals surface area contributed by atoms with Crippen LogP contribution in [0.1, 0.15) is 12.8 Å². The molecule has 134 valence electrons. The van der Waals surface area contributed by atoms with Gasteiger partial charge in [-0.05, 0) is 25.0 Å². The Labute approximate surface area is 147 Å². The lowest BCUT2D eigenvalue weighted by atomic mass is 9.90. The number of anilines is 1. The molecule has 1 aliphatic heterocycles. The van der Waals surface area contributed by atoms with E-state index >= 15 is 0 Å². The van der Waals surface area contributed by atoms with Gasteiger partial charge in [0.15, 0.2) is 6.61 Å². The third-order valence-electron chi connectivity index (χ3n) is 3.79. The third kappa shape index (κ3) is 5.36. The number of ether oxygens (including phenoxy) is 2. The number of hydrogen-bond donors (Lipinski definition) is 2. The smallest absolute Gasteiger partial charge is 0.259 e. The van der Waals surface area contributed by atoms with Crippen molar-refractivity contribution in [2.75, 3.05) is 39.2 Å². The van der Waals surface area contributed by atoms with Crippen molar-refractivity contribution in [1.29, 1.82) is 0 Å². The zero-order valence-electron chi connectivity index (χ0n) is 13.9. The Balaban J connectivity index is 0.00000288. The molecule has 7 nitrogen and oxygen atoms in total. The summed E-state index contributed by atoms with van der Waals surface area (Å²) in [6, 6.07) is 6.90. The summed E-state index contributed by atoms with van der Waals surface area (Å²) in [5, 5.41) is 2.81. The number of likely N-dealkylation sites (N-methyl/N-ethyl adjacent to an activating group) is 1. The molecule has 1 saturated heterocycles. The van der Waals surface area contributed by atoms with Crippen LogP contribution >= 0.6 is 12.4 Å². The Hall–Kier alpha value is -1.83. The van der Waals surface area contributed by atoms with E-state index in [4.69, 9.17) is 15.2 Å². The highest BCUT2D eigenvalue weighted by Crippen LogP contribution is 2.22. The number of nitrogens with two attached hydrogens (primary N) is 1. The van der Waals surface area contributed by atoms with Gasteiger partial charge in [0, 0.05) is 39.1 Å². The molecule has 3 N–H and O–H groups in total. The molecule has 0 aromatic heterocycles. The van der Waals surface area contributed by atoms with Gasteiger partial charge in [0.25, 0.3) is 5.91 Å². The van der Waals surface area contributed by atoms with E-state index in [0.29, 0.717) is 37.5 Å². The van der Waals surface area contributed by atoms with Crippen LogP contribution in [-0.4, -0.2) is 56.2 Å². The topological polar surface area (TPSA) is 93.9 Å². The second-order valence-corrected chi connectivity index (χ2v) is 5.83. The summed E-state index contributed by atoms with van der Waals surface area (Å²) >= 11 is 0. The zero-order chi connectivity index (χ0) is 16.9. The van der Waals surface area contributed by atoms with Crippen molar-refractivity contribution < 1.29 is 19.1 Å². The van der Waals surface area contributed by atoms with Crippen molar-refractivity contribution >= 4 is 29.9 Å². The van der Waals surface area contributed by atoms with Gasteiger partial charge in [0.2, 0.25) is 5.91 Å². The Morgan fingerprint density at radius 3 is 2.62 bits per heavy atom. The quantitative estimate of drug-likeness (QED) is 0.820. The van der Waals surface area contributed by atoms with Gasteiger partial charge in [-0.15, -0.1) is 12.4 Å². The molecule has 1 aromatic carbocycles. The summed E-state index contributed by atoms with van der Waals surface area (Å²) in [5.74, 6) is 0.140. The highest BCUT2D eigenvalue weighted by Gasteiger charge is 2.35. The number of benzene rings is 1. The first-order valence-corrected chi connectivity index (χ1v) is 7.52. The Morgan fingerprint density at radius 1 is 1.33 bits per heavy atom. The van der Waals surface area contributed by atoms with Crippen LogP contribution in [0.3, 0.4) is 0 Å². The lowest BCUT2D eigenvalue weighted by molar-refractivity contribution is -0.130. The first kappa shape index (κ1) is 20.2. The van der Waals surface area contributed by atoms with Crippen LogP contribution in [0, 0.1) is 0 Å². The van der Waals surface area contributed by atoms with E-state index in [0.717, 1.165) is 0 Å². The summed E-state index contributed by atoms with van der Waals surface area (Å²) in [6.07, 6.45) is 0.985. The Morgan fingerprint density at radius 2 is 2.00 bits per heavy atom. The third-order valence-corrected chi connectivity index (χ3v) is 3.79. The SMILES string of the molecule is CN(C)C(=O)COc1cccc(NC(=O)C2(N)CCOCC2)c1.Cl. The number of nitrogens with one attached hydrogen (secondary N) is 1. The Kier molecular flexibility index (Phi) is 7.47. The van der Waals surface area contributed by atoms with Crippen LogP contribution < -0.4 is 15.8 Å². The number of halogens is 1. The molecule has 0 atom stereocenters. The molecule has 0 radical (unpaired) electrons. The second kappa shape index (κ2) is 8.86. The molecule has 0 bridgehead atoms. The molecule has 0 aliphatic carbocycles. The molecule has 2 rings (SSSR count). The number of hydrogen-bond acceptors (Lipinski definition) is 5. The summed E-state index contributed by atoms with van der Waals surface area (Å²) in [6.45, 7) is 0.919. The van der Waals surface area contributed by atoms with E-state index < -0.39 is 5.54 Å². The predicted octanol–water partition coefficient (Wildman–Crippen LogP) is 1.02. The molecule has 1 aliphatic rings.